The lowest BCUT2D eigenvalue weighted by Crippen LogP contribution is -2.73. The number of carboxylic acid groups (broad SMARTS) is 1. The van der Waals surface area contributed by atoms with E-state index in [1.807, 2.05) is 13.8 Å². The average molecular weight is 498 g/mol. The molecule has 12 heteroatoms. The van der Waals surface area contributed by atoms with Crippen molar-refractivity contribution in [3.63, 3.8) is 0 Å². The fourth-order valence-corrected chi connectivity index (χ4v) is 5.86. The van der Waals surface area contributed by atoms with Gasteiger partial charge in [-0.15, -0.1) is 0 Å². The van der Waals surface area contributed by atoms with Gasteiger partial charge in [-0.25, -0.2) is 13.4 Å². The zero-order valence-electron chi connectivity index (χ0n) is 18.7. The molecule has 1 aromatic heterocycles. The molecule has 3 rings (SSSR count). The van der Waals surface area contributed by atoms with Gasteiger partial charge >= 0.3 is 12.6 Å². The Labute approximate surface area is 195 Å². The summed E-state index contributed by atoms with van der Waals surface area (Å²) in [5.74, 6) is -4.18. The summed E-state index contributed by atoms with van der Waals surface area (Å²) >= 11 is 0. The minimum Gasteiger partial charge on any atom is -0.480 e. The number of anilines is 1. The van der Waals surface area contributed by atoms with Crippen LogP contribution in [0.4, 0.5) is 14.5 Å². The minimum absolute atomic E-state index is 0.0944. The molecule has 34 heavy (non-hydrogen) atoms. The molecule has 1 aliphatic heterocycles. The molecule has 1 aromatic carbocycles. The summed E-state index contributed by atoms with van der Waals surface area (Å²) in [5.41, 5.74) is -0.431. The van der Waals surface area contributed by atoms with Crippen LogP contribution in [0, 0.1) is 6.92 Å². The fraction of sp³-hybridized carbons (Fsp3) is 0.409. The number of hydrogen-bond acceptors (Lipinski definition) is 7. The molecule has 0 radical (unpaired) electrons. The monoisotopic (exact) mass is 497 g/mol. The maximum atomic E-state index is 13.7. The lowest BCUT2D eigenvalue weighted by molar-refractivity contribution is -0.134. The van der Waals surface area contributed by atoms with Crippen LogP contribution in [0.3, 0.4) is 0 Å². The molecule has 0 saturated carbocycles. The number of rotatable bonds is 9. The topological polar surface area (TPSA) is 135 Å². The van der Waals surface area contributed by atoms with Gasteiger partial charge in [-0.2, -0.15) is 8.78 Å². The van der Waals surface area contributed by atoms with Crippen LogP contribution in [-0.2, 0) is 24.8 Å². The number of carbonyl (C=O) groups excluding carboxylic acids is 1. The molecule has 1 fully saturated rings. The molecule has 1 aliphatic rings. The summed E-state index contributed by atoms with van der Waals surface area (Å²) in [6.07, 6.45) is 0. The number of carbonyl (C=O) groups is 2. The molecule has 3 N–H and O–H groups in total. The van der Waals surface area contributed by atoms with E-state index in [2.05, 4.69) is 20.4 Å². The van der Waals surface area contributed by atoms with Gasteiger partial charge in [-0.05, 0) is 36.1 Å². The summed E-state index contributed by atoms with van der Waals surface area (Å²) in [4.78, 5) is 28.8. The number of nitrogens with one attached hydrogen (secondary N) is 2. The van der Waals surface area contributed by atoms with Crippen LogP contribution in [-0.4, -0.2) is 54.7 Å². The second-order valence-corrected chi connectivity index (χ2v) is 10.4. The molecule has 9 nitrogen and oxygen atoms in total. The smallest absolute Gasteiger partial charge is 0.388 e. The quantitative estimate of drug-likeness (QED) is 0.481. The minimum atomic E-state index is -4.33. The number of alkyl halides is 2. The van der Waals surface area contributed by atoms with E-state index in [-0.39, 0.29) is 18.2 Å². The van der Waals surface area contributed by atoms with Gasteiger partial charge in [0, 0.05) is 12.2 Å². The molecule has 2 atom stereocenters. The van der Waals surface area contributed by atoms with Gasteiger partial charge in [0.1, 0.15) is 22.2 Å². The Morgan fingerprint density at radius 2 is 1.94 bits per heavy atom. The first kappa shape index (κ1) is 25.5. The van der Waals surface area contributed by atoms with Crippen molar-refractivity contribution in [2.45, 2.75) is 44.1 Å². The molecule has 2 heterocycles. The molecule has 2 aromatic rings. The van der Waals surface area contributed by atoms with Gasteiger partial charge in [0.25, 0.3) is 0 Å². The second-order valence-electron chi connectivity index (χ2n) is 8.31. The largest absolute Gasteiger partial charge is 0.480 e. The predicted molar refractivity (Wildman–Crippen MR) is 120 cm³/mol. The first-order chi connectivity index (χ1) is 15.9. The van der Waals surface area contributed by atoms with E-state index in [1.54, 1.807) is 31.2 Å². The maximum absolute atomic E-state index is 13.7. The Hall–Kier alpha value is -3.12. The van der Waals surface area contributed by atoms with Gasteiger partial charge in [0.15, 0.2) is 9.84 Å². The van der Waals surface area contributed by atoms with Crippen LogP contribution in [0.2, 0.25) is 0 Å². The predicted octanol–water partition coefficient (Wildman–Crippen LogP) is 2.42. The molecular weight excluding hydrogens is 472 g/mol. The number of carboxylic acids is 1. The number of amides is 1. The van der Waals surface area contributed by atoms with Crippen molar-refractivity contribution in [3.8, 4) is 5.88 Å². The highest BCUT2D eigenvalue weighted by molar-refractivity contribution is 7.92. The van der Waals surface area contributed by atoms with Crippen LogP contribution in [0.5, 0.6) is 5.88 Å². The van der Waals surface area contributed by atoms with Crippen LogP contribution < -0.4 is 15.4 Å². The zero-order valence-corrected chi connectivity index (χ0v) is 19.5. The van der Waals surface area contributed by atoms with Gasteiger partial charge in [0.2, 0.25) is 11.8 Å². The number of ether oxygens (including phenoxy) is 1. The summed E-state index contributed by atoms with van der Waals surface area (Å²) in [5, 5.41) is 12.8. The molecule has 0 bridgehead atoms. The summed E-state index contributed by atoms with van der Waals surface area (Å²) in [6, 6.07) is 9.56. The zero-order chi connectivity index (χ0) is 25.3. The first-order valence-corrected chi connectivity index (χ1v) is 12.1. The maximum Gasteiger partial charge on any atom is 0.388 e. The third-order valence-corrected chi connectivity index (χ3v) is 7.55. The van der Waals surface area contributed by atoms with Crippen molar-refractivity contribution in [1.29, 1.82) is 0 Å². The number of nitrogens with zero attached hydrogens (tertiary/aromatic N) is 1. The fourth-order valence-electron chi connectivity index (χ4n) is 4.08. The number of aryl methyl sites for hydroxylation is 1. The molecule has 1 saturated heterocycles. The van der Waals surface area contributed by atoms with E-state index in [9.17, 15) is 26.8 Å². The van der Waals surface area contributed by atoms with E-state index < -0.39 is 50.7 Å². The number of benzene rings is 1. The molecule has 0 aliphatic carbocycles. The average Bonchev–Trinajstić information content (AvgIpc) is 2.68. The van der Waals surface area contributed by atoms with Crippen LogP contribution in [0.15, 0.2) is 36.4 Å². The Morgan fingerprint density at radius 1 is 1.26 bits per heavy atom. The Morgan fingerprint density at radius 3 is 2.50 bits per heavy atom. The van der Waals surface area contributed by atoms with E-state index in [1.165, 1.54) is 12.1 Å². The lowest BCUT2D eigenvalue weighted by Gasteiger charge is -2.49. The molecular formula is C22H25F2N3O6S. The SMILES string of the molecule is Cc1ccc(NC(=O)C2(c3ccccc3C(C)C)CNC2S(=O)(=O)CC(=O)O)c(OC(F)F)n1. The molecule has 1 amide bonds. The van der Waals surface area contributed by atoms with Gasteiger partial charge in [0.05, 0.1) is 0 Å². The third kappa shape index (κ3) is 4.87. The van der Waals surface area contributed by atoms with Crippen LogP contribution in [0.1, 0.15) is 36.6 Å². The van der Waals surface area contributed by atoms with E-state index in [0.29, 0.717) is 16.8 Å². The lowest BCUT2D eigenvalue weighted by atomic mass is 9.70. The van der Waals surface area contributed by atoms with Crippen molar-refractivity contribution in [2.75, 3.05) is 17.6 Å². The Kier molecular flexibility index (Phi) is 7.22. The number of sulfone groups is 1. The highest BCUT2D eigenvalue weighted by atomic mass is 32.2. The van der Waals surface area contributed by atoms with E-state index in [0.717, 1.165) is 0 Å². The second kappa shape index (κ2) is 9.63. The number of halogens is 2. The molecule has 0 spiro atoms. The van der Waals surface area contributed by atoms with Crippen LogP contribution >= 0.6 is 0 Å². The number of aliphatic carboxylic acids is 1. The normalized spacial score (nSPS) is 20.1. The van der Waals surface area contributed by atoms with Crippen LogP contribution in [0.25, 0.3) is 0 Å². The van der Waals surface area contributed by atoms with Crippen molar-refractivity contribution in [2.24, 2.45) is 0 Å². The van der Waals surface area contributed by atoms with Crippen molar-refractivity contribution in [1.82, 2.24) is 10.3 Å². The molecule has 2 unspecified atom stereocenters. The summed E-state index contributed by atoms with van der Waals surface area (Å²) < 4.78 is 56.1. The van der Waals surface area contributed by atoms with Crippen molar-refractivity contribution < 1.29 is 36.6 Å². The number of hydrogen-bond donors (Lipinski definition) is 3. The number of aromatic nitrogens is 1. The Balaban J connectivity index is 2.14. The molecule has 184 valence electrons. The van der Waals surface area contributed by atoms with Gasteiger partial charge in [-0.3, -0.25) is 14.9 Å². The highest BCUT2D eigenvalue weighted by Gasteiger charge is 2.60. The highest BCUT2D eigenvalue weighted by Crippen LogP contribution is 2.42. The summed E-state index contributed by atoms with van der Waals surface area (Å²) in [7, 11) is -4.33. The van der Waals surface area contributed by atoms with Crippen molar-refractivity contribution >= 4 is 27.4 Å². The van der Waals surface area contributed by atoms with Gasteiger partial charge < -0.3 is 15.2 Å². The van der Waals surface area contributed by atoms with E-state index in [4.69, 9.17) is 5.11 Å². The first-order valence-electron chi connectivity index (χ1n) is 10.4. The standard InChI is InChI=1S/C22H25F2N3O6S/c1-12(2)14-6-4-5-7-15(14)22(11-25-20(22)34(31,32)10-17(28)29)19(30)27-16-9-8-13(3)26-18(16)33-21(23)24/h4-9,12,20-21,25H,10-11H2,1-3H3,(H,27,30)(H,28,29). The van der Waals surface area contributed by atoms with E-state index >= 15 is 0 Å². The number of pyridine rings is 1. The van der Waals surface area contributed by atoms with Crippen molar-refractivity contribution in [3.05, 3.63) is 53.2 Å². The summed E-state index contributed by atoms with van der Waals surface area (Å²) in [6.45, 7) is 1.98. The van der Waals surface area contributed by atoms with Gasteiger partial charge in [-0.1, -0.05) is 38.1 Å². The Bertz CT molecular complexity index is 1200. The third-order valence-electron chi connectivity index (χ3n) is 5.61.